The van der Waals surface area contributed by atoms with E-state index in [9.17, 15) is 4.79 Å². The summed E-state index contributed by atoms with van der Waals surface area (Å²) in [5.74, 6) is 1.65. The van der Waals surface area contributed by atoms with Crippen molar-refractivity contribution in [2.45, 2.75) is 32.9 Å². The Morgan fingerprint density at radius 2 is 1.96 bits per heavy atom. The molecule has 0 aliphatic carbocycles. The van der Waals surface area contributed by atoms with Crippen LogP contribution in [0.4, 0.5) is 11.8 Å². The van der Waals surface area contributed by atoms with Crippen molar-refractivity contribution in [2.75, 3.05) is 23.1 Å². The van der Waals surface area contributed by atoms with Crippen LogP contribution in [0.2, 0.25) is 0 Å². The first-order chi connectivity index (χ1) is 12.8. The predicted octanol–water partition coefficient (Wildman–Crippen LogP) is 3.01. The van der Waals surface area contributed by atoms with Crippen molar-refractivity contribution in [1.29, 1.82) is 0 Å². The molecule has 0 spiro atoms. The topological polar surface area (TPSA) is 98.7 Å². The van der Waals surface area contributed by atoms with Gasteiger partial charge in [-0.05, 0) is 44.5 Å². The number of rotatable bonds is 5. The highest BCUT2D eigenvalue weighted by molar-refractivity contribution is 7.98. The minimum atomic E-state index is -0.247. The Balaban J connectivity index is 2.21. The van der Waals surface area contributed by atoms with Crippen LogP contribution in [0.15, 0.2) is 35.5 Å². The highest BCUT2D eigenvalue weighted by Crippen LogP contribution is 2.27. The summed E-state index contributed by atoms with van der Waals surface area (Å²) in [5.41, 5.74) is 6.73. The van der Waals surface area contributed by atoms with Gasteiger partial charge in [0.1, 0.15) is 5.82 Å². The lowest BCUT2D eigenvalue weighted by Crippen LogP contribution is -2.29. The Bertz CT molecular complexity index is 1010. The zero-order chi connectivity index (χ0) is 19.6. The highest BCUT2D eigenvalue weighted by atomic mass is 32.2. The Hall–Kier alpha value is -2.61. The number of pyridine rings is 2. The molecule has 0 saturated heterocycles. The van der Waals surface area contributed by atoms with E-state index in [1.165, 1.54) is 0 Å². The molecule has 3 rings (SSSR count). The van der Waals surface area contributed by atoms with Crippen molar-refractivity contribution in [3.63, 3.8) is 0 Å². The molecule has 0 aliphatic heterocycles. The van der Waals surface area contributed by atoms with E-state index in [-0.39, 0.29) is 17.0 Å². The lowest BCUT2D eigenvalue weighted by molar-refractivity contribution is 0.631. The van der Waals surface area contributed by atoms with E-state index in [2.05, 4.69) is 15.3 Å². The van der Waals surface area contributed by atoms with Crippen LogP contribution in [0.1, 0.15) is 20.8 Å². The molecule has 0 unspecified atom stereocenters. The fraction of sp³-hybridized carbons (Fsp3) is 0.368. The molecule has 0 radical (unpaired) electrons. The Morgan fingerprint density at radius 3 is 2.59 bits per heavy atom. The zero-order valence-corrected chi connectivity index (χ0v) is 16.8. The average molecular weight is 385 g/mol. The molecule has 0 aromatic carbocycles. The Morgan fingerprint density at radius 1 is 1.26 bits per heavy atom. The molecule has 7 nitrogen and oxygen atoms in total. The van der Waals surface area contributed by atoms with Gasteiger partial charge in [-0.2, -0.15) is 11.8 Å². The highest BCUT2D eigenvalue weighted by Gasteiger charge is 2.18. The summed E-state index contributed by atoms with van der Waals surface area (Å²) in [4.78, 5) is 25.9. The fourth-order valence-corrected chi connectivity index (χ4v) is 3.11. The average Bonchev–Trinajstić information content (AvgIpc) is 2.60. The molecular formula is C19H24N6OS. The summed E-state index contributed by atoms with van der Waals surface area (Å²) < 4.78 is 1.74. The third kappa shape index (κ3) is 4.39. The number of fused-ring (bicyclic) bond motifs is 1. The number of hydrogen-bond donors (Lipinski definition) is 2. The molecular weight excluding hydrogens is 360 g/mol. The smallest absolute Gasteiger partial charge is 0.262 e. The van der Waals surface area contributed by atoms with Gasteiger partial charge in [-0.3, -0.25) is 4.79 Å². The predicted molar refractivity (Wildman–Crippen MR) is 113 cm³/mol. The van der Waals surface area contributed by atoms with Crippen LogP contribution >= 0.6 is 11.8 Å². The maximum atomic E-state index is 13.1. The summed E-state index contributed by atoms with van der Waals surface area (Å²) in [6.45, 7) is 6.77. The standard InChI is InChI=1S/C19H24N6OS/c1-19(2,3)24-16-15-12(5-6-25(17(15)26)7-8-27-4)9-14(23-16)13-10-21-18(20)22-11-13/h5-6,9-11H,7-8H2,1-4H3,(H,23,24)(H2,20,21,22). The third-order valence-corrected chi connectivity index (χ3v) is 4.55. The van der Waals surface area contributed by atoms with Crippen molar-refractivity contribution in [1.82, 2.24) is 19.5 Å². The van der Waals surface area contributed by atoms with Crippen molar-refractivity contribution in [2.24, 2.45) is 0 Å². The molecule has 0 atom stereocenters. The van der Waals surface area contributed by atoms with E-state index < -0.39 is 0 Å². The van der Waals surface area contributed by atoms with Crippen LogP contribution in [-0.2, 0) is 6.54 Å². The van der Waals surface area contributed by atoms with Gasteiger partial charge >= 0.3 is 0 Å². The number of thioether (sulfide) groups is 1. The van der Waals surface area contributed by atoms with E-state index >= 15 is 0 Å². The van der Waals surface area contributed by atoms with E-state index in [4.69, 9.17) is 10.7 Å². The first kappa shape index (κ1) is 19.2. The molecule has 0 saturated carbocycles. The summed E-state index contributed by atoms with van der Waals surface area (Å²) in [6, 6.07) is 3.84. The molecule has 142 valence electrons. The number of nitrogens with two attached hydrogens (primary N) is 1. The van der Waals surface area contributed by atoms with E-state index in [0.29, 0.717) is 23.4 Å². The van der Waals surface area contributed by atoms with Crippen LogP contribution < -0.4 is 16.6 Å². The Labute approximate surface area is 162 Å². The van der Waals surface area contributed by atoms with Crippen LogP contribution in [0.5, 0.6) is 0 Å². The van der Waals surface area contributed by atoms with Crippen LogP contribution in [0.3, 0.4) is 0 Å². The third-order valence-electron chi connectivity index (χ3n) is 3.96. The lowest BCUT2D eigenvalue weighted by atomic mass is 10.1. The second-order valence-electron chi connectivity index (χ2n) is 7.33. The number of aryl methyl sites for hydroxylation is 1. The number of nitrogens with one attached hydrogen (secondary N) is 1. The Kier molecular flexibility index (Phi) is 5.36. The monoisotopic (exact) mass is 384 g/mol. The first-order valence-electron chi connectivity index (χ1n) is 8.68. The zero-order valence-electron chi connectivity index (χ0n) is 16.0. The van der Waals surface area contributed by atoms with Crippen molar-refractivity contribution in [3.8, 4) is 11.3 Å². The molecule has 3 aromatic rings. The molecule has 3 heterocycles. The maximum absolute atomic E-state index is 13.1. The second-order valence-corrected chi connectivity index (χ2v) is 8.32. The number of hydrogen-bond acceptors (Lipinski definition) is 7. The van der Waals surface area contributed by atoms with Gasteiger partial charge in [-0.1, -0.05) is 0 Å². The van der Waals surface area contributed by atoms with Crippen molar-refractivity contribution in [3.05, 3.63) is 41.1 Å². The molecule has 0 amide bonds. The van der Waals surface area contributed by atoms with Gasteiger partial charge in [0.2, 0.25) is 5.95 Å². The summed E-state index contributed by atoms with van der Waals surface area (Å²) in [6.07, 6.45) is 7.14. The van der Waals surface area contributed by atoms with Gasteiger partial charge in [-0.25, -0.2) is 15.0 Å². The first-order valence-corrected chi connectivity index (χ1v) is 10.1. The molecule has 3 aromatic heterocycles. The molecule has 0 aliphatic rings. The lowest BCUT2D eigenvalue weighted by Gasteiger charge is -2.23. The van der Waals surface area contributed by atoms with Crippen molar-refractivity contribution < 1.29 is 0 Å². The van der Waals surface area contributed by atoms with E-state index in [1.807, 2.05) is 45.4 Å². The number of anilines is 2. The summed E-state index contributed by atoms with van der Waals surface area (Å²) in [7, 11) is 0. The largest absolute Gasteiger partial charge is 0.368 e. The number of nitrogens with zero attached hydrogens (tertiary/aromatic N) is 4. The maximum Gasteiger partial charge on any atom is 0.262 e. The molecule has 3 N–H and O–H groups in total. The van der Waals surface area contributed by atoms with E-state index in [0.717, 1.165) is 16.7 Å². The normalized spacial score (nSPS) is 11.7. The minimum absolute atomic E-state index is 0.0408. The van der Waals surface area contributed by atoms with Gasteiger partial charge in [0.05, 0.1) is 11.1 Å². The van der Waals surface area contributed by atoms with Crippen LogP contribution in [0, 0.1) is 0 Å². The second kappa shape index (κ2) is 7.56. The SMILES string of the molecule is CSCCn1ccc2cc(-c3cnc(N)nc3)nc(NC(C)(C)C)c2c1=O. The molecule has 0 bridgehead atoms. The van der Waals surface area contributed by atoms with Crippen LogP contribution in [-0.4, -0.2) is 37.1 Å². The van der Waals surface area contributed by atoms with Crippen LogP contribution in [0.25, 0.3) is 22.0 Å². The van der Waals surface area contributed by atoms with Gasteiger partial charge < -0.3 is 15.6 Å². The number of nitrogen functional groups attached to an aromatic ring is 1. The van der Waals surface area contributed by atoms with Gasteiger partial charge in [-0.15, -0.1) is 0 Å². The summed E-state index contributed by atoms with van der Waals surface area (Å²) >= 11 is 1.71. The van der Waals surface area contributed by atoms with Gasteiger partial charge in [0, 0.05) is 42.0 Å². The van der Waals surface area contributed by atoms with Gasteiger partial charge in [0.15, 0.2) is 0 Å². The van der Waals surface area contributed by atoms with E-state index in [1.54, 1.807) is 28.7 Å². The molecule has 27 heavy (non-hydrogen) atoms. The minimum Gasteiger partial charge on any atom is -0.368 e. The number of aromatic nitrogens is 4. The van der Waals surface area contributed by atoms with Crippen molar-refractivity contribution >= 4 is 34.3 Å². The molecule has 0 fully saturated rings. The van der Waals surface area contributed by atoms with Gasteiger partial charge in [0.25, 0.3) is 5.56 Å². The quantitative estimate of drug-likeness (QED) is 0.697. The fourth-order valence-electron chi connectivity index (χ4n) is 2.73. The molecule has 8 heteroatoms. The summed E-state index contributed by atoms with van der Waals surface area (Å²) in [5, 5.41) is 4.79.